The van der Waals surface area contributed by atoms with Gasteiger partial charge in [0.15, 0.2) is 0 Å². The Hall–Kier alpha value is -1.16. The molecule has 0 aromatic carbocycles. The quantitative estimate of drug-likeness (QED) is 0.858. The van der Waals surface area contributed by atoms with Crippen molar-refractivity contribution in [2.75, 3.05) is 0 Å². The van der Waals surface area contributed by atoms with Gasteiger partial charge in [-0.25, -0.2) is 4.98 Å². The van der Waals surface area contributed by atoms with Gasteiger partial charge in [0.1, 0.15) is 0 Å². The van der Waals surface area contributed by atoms with Crippen LogP contribution in [0.15, 0.2) is 12.4 Å². The van der Waals surface area contributed by atoms with E-state index < -0.39 is 0 Å². The summed E-state index contributed by atoms with van der Waals surface area (Å²) in [4.78, 5) is 8.67. The highest BCUT2D eigenvalue weighted by molar-refractivity contribution is 5.08. The summed E-state index contributed by atoms with van der Waals surface area (Å²) >= 11 is 0. The predicted molar refractivity (Wildman–Crippen MR) is 78.2 cm³/mol. The van der Waals surface area contributed by atoms with Crippen LogP contribution in [-0.4, -0.2) is 21.6 Å². The maximum atomic E-state index is 5.80. The number of aromatic nitrogens is 2. The zero-order valence-corrected chi connectivity index (χ0v) is 13.0. The molecule has 0 aliphatic heterocycles. The zero-order valence-electron chi connectivity index (χ0n) is 13.0. The molecule has 1 heterocycles. The van der Waals surface area contributed by atoms with Gasteiger partial charge in [0.25, 0.3) is 0 Å². The molecule has 0 saturated heterocycles. The molecule has 1 aromatic rings. The van der Waals surface area contributed by atoms with Gasteiger partial charge >= 0.3 is 0 Å². The van der Waals surface area contributed by atoms with Crippen LogP contribution in [0.4, 0.5) is 0 Å². The van der Waals surface area contributed by atoms with Crippen molar-refractivity contribution >= 4 is 0 Å². The molecule has 108 valence electrons. The number of rotatable bonds is 6. The standard InChI is InChI=1S/C15H27N3O/c1-11(2)7-12(3)19-14-10-16-8-13(18-14)9-17-15(4,5)6/h8,10-12,17H,7,9H2,1-6H3. The first-order chi connectivity index (χ1) is 8.76. The fourth-order valence-corrected chi connectivity index (χ4v) is 1.80. The van der Waals surface area contributed by atoms with Gasteiger partial charge in [-0.2, -0.15) is 0 Å². The number of nitrogens with one attached hydrogen (secondary N) is 1. The minimum Gasteiger partial charge on any atom is -0.474 e. The maximum absolute atomic E-state index is 5.80. The van der Waals surface area contributed by atoms with Crippen molar-refractivity contribution in [3.8, 4) is 5.88 Å². The fraction of sp³-hybridized carbons (Fsp3) is 0.733. The largest absolute Gasteiger partial charge is 0.474 e. The average molecular weight is 265 g/mol. The van der Waals surface area contributed by atoms with Crippen LogP contribution in [0.3, 0.4) is 0 Å². The highest BCUT2D eigenvalue weighted by Gasteiger charge is 2.11. The summed E-state index contributed by atoms with van der Waals surface area (Å²) in [5, 5.41) is 3.39. The molecule has 0 spiro atoms. The van der Waals surface area contributed by atoms with Crippen LogP contribution in [0.1, 0.15) is 53.7 Å². The lowest BCUT2D eigenvalue weighted by molar-refractivity contribution is 0.184. The van der Waals surface area contributed by atoms with Gasteiger partial charge in [-0.1, -0.05) is 13.8 Å². The van der Waals surface area contributed by atoms with Crippen molar-refractivity contribution in [1.82, 2.24) is 15.3 Å². The Labute approximate surface area is 117 Å². The van der Waals surface area contributed by atoms with E-state index in [4.69, 9.17) is 4.74 Å². The summed E-state index contributed by atoms with van der Waals surface area (Å²) in [6.07, 6.45) is 4.64. The fourth-order valence-electron chi connectivity index (χ4n) is 1.80. The molecular formula is C15H27N3O. The zero-order chi connectivity index (χ0) is 14.5. The van der Waals surface area contributed by atoms with E-state index in [9.17, 15) is 0 Å². The average Bonchev–Trinajstić information content (AvgIpc) is 2.24. The third-order valence-corrected chi connectivity index (χ3v) is 2.59. The van der Waals surface area contributed by atoms with Gasteiger partial charge in [-0.05, 0) is 40.0 Å². The molecule has 1 N–H and O–H groups in total. The molecule has 1 atom stereocenters. The third-order valence-electron chi connectivity index (χ3n) is 2.59. The van der Waals surface area contributed by atoms with E-state index in [1.54, 1.807) is 12.4 Å². The second-order valence-electron chi connectivity index (χ2n) is 6.51. The van der Waals surface area contributed by atoms with E-state index in [0.717, 1.165) is 12.1 Å². The Kier molecular flexibility index (Phi) is 5.73. The van der Waals surface area contributed by atoms with Gasteiger partial charge in [0, 0.05) is 18.3 Å². The van der Waals surface area contributed by atoms with Crippen LogP contribution in [0.25, 0.3) is 0 Å². The normalized spacial score (nSPS) is 13.6. The first-order valence-electron chi connectivity index (χ1n) is 6.99. The monoisotopic (exact) mass is 265 g/mol. The van der Waals surface area contributed by atoms with E-state index in [-0.39, 0.29) is 11.6 Å². The Morgan fingerprint density at radius 3 is 2.47 bits per heavy atom. The highest BCUT2D eigenvalue weighted by Crippen LogP contribution is 2.13. The second-order valence-corrected chi connectivity index (χ2v) is 6.51. The second kappa shape index (κ2) is 6.85. The van der Waals surface area contributed by atoms with Crippen LogP contribution >= 0.6 is 0 Å². The van der Waals surface area contributed by atoms with Crippen LogP contribution in [-0.2, 0) is 6.54 Å². The van der Waals surface area contributed by atoms with E-state index in [1.165, 1.54) is 0 Å². The molecule has 1 aromatic heterocycles. The Balaban J connectivity index is 2.57. The van der Waals surface area contributed by atoms with E-state index in [0.29, 0.717) is 18.3 Å². The van der Waals surface area contributed by atoms with Gasteiger partial charge in [0.05, 0.1) is 18.0 Å². The summed E-state index contributed by atoms with van der Waals surface area (Å²) in [6.45, 7) is 13.5. The third kappa shape index (κ3) is 7.11. The van der Waals surface area contributed by atoms with Gasteiger partial charge in [-0.15, -0.1) is 0 Å². The summed E-state index contributed by atoms with van der Waals surface area (Å²) in [7, 11) is 0. The van der Waals surface area contributed by atoms with E-state index in [2.05, 4.69) is 56.8 Å². The van der Waals surface area contributed by atoms with Gasteiger partial charge in [-0.3, -0.25) is 4.98 Å². The number of nitrogens with zero attached hydrogens (tertiary/aromatic N) is 2. The number of hydrogen-bond acceptors (Lipinski definition) is 4. The minimum absolute atomic E-state index is 0.0729. The maximum Gasteiger partial charge on any atom is 0.232 e. The number of ether oxygens (including phenoxy) is 1. The van der Waals surface area contributed by atoms with Crippen molar-refractivity contribution in [1.29, 1.82) is 0 Å². The molecule has 0 amide bonds. The molecule has 4 heteroatoms. The van der Waals surface area contributed by atoms with Crippen LogP contribution in [0.2, 0.25) is 0 Å². The predicted octanol–water partition coefficient (Wildman–Crippen LogP) is 3.18. The Bertz CT molecular complexity index is 385. The smallest absolute Gasteiger partial charge is 0.232 e. The lowest BCUT2D eigenvalue weighted by atomic mass is 10.1. The lowest BCUT2D eigenvalue weighted by Gasteiger charge is -2.20. The van der Waals surface area contributed by atoms with Crippen molar-refractivity contribution in [2.45, 2.75) is 66.2 Å². The Morgan fingerprint density at radius 1 is 1.21 bits per heavy atom. The highest BCUT2D eigenvalue weighted by atomic mass is 16.5. The summed E-state index contributed by atoms with van der Waals surface area (Å²) in [5.74, 6) is 1.23. The Morgan fingerprint density at radius 2 is 1.89 bits per heavy atom. The lowest BCUT2D eigenvalue weighted by Crippen LogP contribution is -2.35. The molecular weight excluding hydrogens is 238 g/mol. The molecule has 0 fully saturated rings. The van der Waals surface area contributed by atoms with Gasteiger partial charge < -0.3 is 10.1 Å². The first kappa shape index (κ1) is 15.9. The van der Waals surface area contributed by atoms with Crippen LogP contribution in [0.5, 0.6) is 5.88 Å². The molecule has 19 heavy (non-hydrogen) atoms. The van der Waals surface area contributed by atoms with Crippen molar-refractivity contribution in [3.63, 3.8) is 0 Å². The van der Waals surface area contributed by atoms with Crippen molar-refractivity contribution in [2.24, 2.45) is 5.92 Å². The molecule has 1 rings (SSSR count). The van der Waals surface area contributed by atoms with Crippen molar-refractivity contribution < 1.29 is 4.74 Å². The van der Waals surface area contributed by atoms with E-state index in [1.807, 2.05) is 0 Å². The molecule has 4 nitrogen and oxygen atoms in total. The summed E-state index contributed by atoms with van der Waals surface area (Å²) in [6, 6.07) is 0. The van der Waals surface area contributed by atoms with Gasteiger partial charge in [0.2, 0.25) is 5.88 Å². The molecule has 0 aliphatic rings. The number of hydrogen-bond donors (Lipinski definition) is 1. The van der Waals surface area contributed by atoms with Crippen LogP contribution in [0, 0.1) is 5.92 Å². The van der Waals surface area contributed by atoms with Crippen molar-refractivity contribution in [3.05, 3.63) is 18.1 Å². The van der Waals surface area contributed by atoms with Crippen LogP contribution < -0.4 is 10.1 Å². The molecule has 0 radical (unpaired) electrons. The molecule has 0 aliphatic carbocycles. The molecule has 1 unspecified atom stereocenters. The van der Waals surface area contributed by atoms with E-state index >= 15 is 0 Å². The first-order valence-corrected chi connectivity index (χ1v) is 6.99. The molecule has 0 bridgehead atoms. The summed E-state index contributed by atoms with van der Waals surface area (Å²) < 4.78 is 5.80. The minimum atomic E-state index is 0.0729. The SMILES string of the molecule is CC(C)CC(C)Oc1cncc(CNC(C)(C)C)n1. The topological polar surface area (TPSA) is 47.0 Å². The molecule has 0 saturated carbocycles. The summed E-state index contributed by atoms with van der Waals surface area (Å²) in [5.41, 5.74) is 0.980.